The Morgan fingerprint density at radius 2 is 1.91 bits per heavy atom. The number of nitrogens with one attached hydrogen (secondary N) is 1. The summed E-state index contributed by atoms with van der Waals surface area (Å²) >= 11 is 0. The Bertz CT molecular complexity index is 780. The highest BCUT2D eigenvalue weighted by atomic mass is 32.2. The molecule has 0 aliphatic rings. The van der Waals surface area contributed by atoms with E-state index in [1.54, 1.807) is 11.7 Å². The lowest BCUT2D eigenvalue weighted by molar-refractivity contribution is -0.115. The molecule has 1 aromatic heterocycles. The van der Waals surface area contributed by atoms with Crippen LogP contribution < -0.4 is 5.32 Å². The second-order valence-corrected chi connectivity index (χ2v) is 7.49. The SMILES string of the molecule is Cc1nn(C)c(NC(=O)CCS(C)(=O)=O)c1-c1ccccc1. The minimum absolute atomic E-state index is 0.0721. The monoisotopic (exact) mass is 321 g/mol. The van der Waals surface area contributed by atoms with Crippen molar-refractivity contribution in [2.24, 2.45) is 7.05 Å². The van der Waals surface area contributed by atoms with Gasteiger partial charge in [-0.05, 0) is 12.5 Å². The summed E-state index contributed by atoms with van der Waals surface area (Å²) in [5, 5.41) is 7.10. The van der Waals surface area contributed by atoms with Crippen LogP contribution in [-0.4, -0.2) is 36.1 Å². The van der Waals surface area contributed by atoms with Crippen molar-refractivity contribution < 1.29 is 13.2 Å². The number of aromatic nitrogens is 2. The summed E-state index contributed by atoms with van der Waals surface area (Å²) in [6, 6.07) is 9.62. The zero-order chi connectivity index (χ0) is 16.3. The standard InChI is InChI=1S/C15H19N3O3S/c1-11-14(12-7-5-4-6-8-12)15(18(2)17-11)16-13(19)9-10-22(3,20)21/h4-8H,9-10H2,1-3H3,(H,16,19). The van der Waals surface area contributed by atoms with Crippen LogP contribution in [0.3, 0.4) is 0 Å². The van der Waals surface area contributed by atoms with Crippen molar-refractivity contribution in [3.05, 3.63) is 36.0 Å². The molecule has 1 aromatic carbocycles. The molecule has 2 aromatic rings. The fraction of sp³-hybridized carbons (Fsp3) is 0.333. The lowest BCUT2D eigenvalue weighted by Gasteiger charge is -2.09. The molecule has 1 amide bonds. The van der Waals surface area contributed by atoms with E-state index in [9.17, 15) is 13.2 Å². The van der Waals surface area contributed by atoms with Crippen molar-refractivity contribution in [2.45, 2.75) is 13.3 Å². The van der Waals surface area contributed by atoms with Crippen molar-refractivity contribution in [3.63, 3.8) is 0 Å². The molecule has 22 heavy (non-hydrogen) atoms. The summed E-state index contributed by atoms with van der Waals surface area (Å²) in [6.07, 6.45) is 1.04. The number of anilines is 1. The molecule has 6 nitrogen and oxygen atoms in total. The van der Waals surface area contributed by atoms with Crippen LogP contribution in [0.15, 0.2) is 30.3 Å². The second kappa shape index (κ2) is 6.31. The summed E-state index contributed by atoms with van der Waals surface area (Å²) in [6.45, 7) is 1.87. The maximum absolute atomic E-state index is 12.0. The zero-order valence-electron chi connectivity index (χ0n) is 12.8. The second-order valence-electron chi connectivity index (χ2n) is 5.23. The first kappa shape index (κ1) is 16.2. The summed E-state index contributed by atoms with van der Waals surface area (Å²) in [5.41, 5.74) is 2.59. The predicted octanol–water partition coefficient (Wildman–Crippen LogP) is 1.77. The average molecular weight is 321 g/mol. The number of carbonyl (C=O) groups is 1. The number of carbonyl (C=O) groups excluding carboxylic acids is 1. The molecule has 0 unspecified atom stereocenters. The summed E-state index contributed by atoms with van der Waals surface area (Å²) in [5.74, 6) is 0.0592. The van der Waals surface area contributed by atoms with E-state index in [-0.39, 0.29) is 18.1 Å². The van der Waals surface area contributed by atoms with E-state index in [1.807, 2.05) is 37.3 Å². The Kier molecular flexibility index (Phi) is 4.65. The van der Waals surface area contributed by atoms with E-state index in [0.717, 1.165) is 23.1 Å². The molecular weight excluding hydrogens is 302 g/mol. The van der Waals surface area contributed by atoms with Crippen LogP contribution in [0.25, 0.3) is 11.1 Å². The fourth-order valence-corrected chi connectivity index (χ4v) is 2.78. The number of amides is 1. The third-order valence-corrected chi connectivity index (χ3v) is 4.19. The molecular formula is C15H19N3O3S. The third-order valence-electron chi connectivity index (χ3n) is 3.24. The van der Waals surface area contributed by atoms with Crippen molar-refractivity contribution in [1.82, 2.24) is 9.78 Å². The van der Waals surface area contributed by atoms with E-state index in [0.29, 0.717) is 5.82 Å². The molecule has 0 radical (unpaired) electrons. The van der Waals surface area contributed by atoms with Crippen LogP contribution in [0.2, 0.25) is 0 Å². The largest absolute Gasteiger partial charge is 0.310 e. The molecule has 0 saturated heterocycles. The van der Waals surface area contributed by atoms with Crippen molar-refractivity contribution in [1.29, 1.82) is 0 Å². The Labute approximate surface area is 130 Å². The van der Waals surface area contributed by atoms with Gasteiger partial charge >= 0.3 is 0 Å². The van der Waals surface area contributed by atoms with Gasteiger partial charge in [0.15, 0.2) is 0 Å². The summed E-state index contributed by atoms with van der Waals surface area (Å²) in [4.78, 5) is 12.0. The van der Waals surface area contributed by atoms with Gasteiger partial charge in [0.25, 0.3) is 0 Å². The lowest BCUT2D eigenvalue weighted by atomic mass is 10.1. The molecule has 7 heteroatoms. The van der Waals surface area contributed by atoms with Crippen molar-refractivity contribution >= 4 is 21.6 Å². The molecule has 0 saturated carbocycles. The first-order chi connectivity index (χ1) is 10.3. The third kappa shape index (κ3) is 3.94. The molecule has 0 atom stereocenters. The Morgan fingerprint density at radius 1 is 1.27 bits per heavy atom. The molecule has 0 aliphatic heterocycles. The maximum Gasteiger partial charge on any atom is 0.226 e. The quantitative estimate of drug-likeness (QED) is 0.910. The van der Waals surface area contributed by atoms with Gasteiger partial charge in [0.2, 0.25) is 5.91 Å². The molecule has 0 fully saturated rings. The summed E-state index contributed by atoms with van der Waals surface area (Å²) < 4.78 is 23.9. The van der Waals surface area contributed by atoms with Gasteiger partial charge in [0.05, 0.1) is 11.4 Å². The van der Waals surface area contributed by atoms with E-state index < -0.39 is 9.84 Å². The van der Waals surface area contributed by atoms with Crippen LogP contribution in [0.1, 0.15) is 12.1 Å². The predicted molar refractivity (Wildman–Crippen MR) is 86.3 cm³/mol. The average Bonchev–Trinajstić information content (AvgIpc) is 2.71. The van der Waals surface area contributed by atoms with Crippen molar-refractivity contribution in [2.75, 3.05) is 17.3 Å². The highest BCUT2D eigenvalue weighted by molar-refractivity contribution is 7.90. The van der Waals surface area contributed by atoms with E-state index in [4.69, 9.17) is 0 Å². The van der Waals surface area contributed by atoms with E-state index in [2.05, 4.69) is 10.4 Å². The molecule has 0 bridgehead atoms. The van der Waals surface area contributed by atoms with Gasteiger partial charge in [-0.15, -0.1) is 0 Å². The van der Waals surface area contributed by atoms with Crippen LogP contribution in [0, 0.1) is 6.92 Å². The summed E-state index contributed by atoms with van der Waals surface area (Å²) in [7, 11) is -1.42. The first-order valence-electron chi connectivity index (χ1n) is 6.84. The minimum atomic E-state index is -3.16. The fourth-order valence-electron chi connectivity index (χ4n) is 2.22. The normalized spacial score (nSPS) is 11.4. The molecule has 0 spiro atoms. The smallest absolute Gasteiger partial charge is 0.226 e. The van der Waals surface area contributed by atoms with Gasteiger partial charge in [-0.3, -0.25) is 9.48 Å². The number of hydrogen-bond donors (Lipinski definition) is 1. The maximum atomic E-state index is 12.0. The van der Waals surface area contributed by atoms with Gasteiger partial charge in [0, 0.05) is 25.3 Å². The Morgan fingerprint density at radius 3 is 2.50 bits per heavy atom. The van der Waals surface area contributed by atoms with Gasteiger partial charge in [0.1, 0.15) is 15.7 Å². The molecule has 0 aliphatic carbocycles. The van der Waals surface area contributed by atoms with Crippen LogP contribution >= 0.6 is 0 Å². The number of rotatable bonds is 5. The van der Waals surface area contributed by atoms with Gasteiger partial charge < -0.3 is 5.32 Å². The van der Waals surface area contributed by atoms with Crippen LogP contribution in [0.4, 0.5) is 5.82 Å². The number of aryl methyl sites for hydroxylation is 2. The van der Waals surface area contributed by atoms with Gasteiger partial charge in [-0.1, -0.05) is 30.3 Å². The van der Waals surface area contributed by atoms with Gasteiger partial charge in [-0.2, -0.15) is 5.10 Å². The van der Waals surface area contributed by atoms with Gasteiger partial charge in [-0.25, -0.2) is 8.42 Å². The topological polar surface area (TPSA) is 81.1 Å². The number of benzene rings is 1. The number of sulfone groups is 1. The number of nitrogens with zero attached hydrogens (tertiary/aromatic N) is 2. The molecule has 1 heterocycles. The Balaban J connectivity index is 2.27. The van der Waals surface area contributed by atoms with E-state index in [1.165, 1.54) is 0 Å². The number of hydrogen-bond acceptors (Lipinski definition) is 4. The lowest BCUT2D eigenvalue weighted by Crippen LogP contribution is -2.18. The highest BCUT2D eigenvalue weighted by Gasteiger charge is 2.17. The van der Waals surface area contributed by atoms with Crippen molar-refractivity contribution in [3.8, 4) is 11.1 Å². The molecule has 2 rings (SSSR count). The first-order valence-corrected chi connectivity index (χ1v) is 8.90. The Hall–Kier alpha value is -2.15. The molecule has 118 valence electrons. The molecule has 1 N–H and O–H groups in total. The van der Waals surface area contributed by atoms with Crippen LogP contribution in [-0.2, 0) is 21.7 Å². The highest BCUT2D eigenvalue weighted by Crippen LogP contribution is 2.30. The van der Waals surface area contributed by atoms with Crippen LogP contribution in [0.5, 0.6) is 0 Å². The van der Waals surface area contributed by atoms with E-state index >= 15 is 0 Å². The zero-order valence-corrected chi connectivity index (χ0v) is 13.6. The minimum Gasteiger partial charge on any atom is -0.310 e.